The Bertz CT molecular complexity index is 1650. The maximum absolute atomic E-state index is 13.5. The van der Waals surface area contributed by atoms with Crippen LogP contribution < -0.4 is 21.3 Å². The lowest BCUT2D eigenvalue weighted by Gasteiger charge is -2.21. The Morgan fingerprint density at radius 1 is 1.03 bits per heavy atom. The molecule has 5 amide bonds. The third kappa shape index (κ3) is 5.01. The van der Waals surface area contributed by atoms with Crippen LogP contribution in [0.5, 0.6) is 0 Å². The number of benzene rings is 2. The van der Waals surface area contributed by atoms with Gasteiger partial charge in [0.2, 0.25) is 0 Å². The van der Waals surface area contributed by atoms with Crippen molar-refractivity contribution >= 4 is 29.5 Å². The topological polar surface area (TPSA) is 159 Å². The molecule has 13 heteroatoms. The molecule has 12 nitrogen and oxygen atoms in total. The Hall–Kier alpha value is -5.20. The van der Waals surface area contributed by atoms with Gasteiger partial charge in [0.15, 0.2) is 0 Å². The molecule has 1 aliphatic rings. The van der Waals surface area contributed by atoms with Crippen molar-refractivity contribution in [3.63, 3.8) is 0 Å². The second-order valence-corrected chi connectivity index (χ2v) is 9.18. The number of nitrogens with zero attached hydrogens (tertiary/aromatic N) is 4. The van der Waals surface area contributed by atoms with Crippen LogP contribution in [-0.2, 0) is 23.4 Å². The third-order valence-electron chi connectivity index (χ3n) is 6.39. The Morgan fingerprint density at radius 2 is 1.77 bits per heavy atom. The minimum absolute atomic E-state index is 0.0332. The number of hydrogen-bond donors (Lipinski definition) is 4. The van der Waals surface area contributed by atoms with Gasteiger partial charge in [-0.3, -0.25) is 19.7 Å². The zero-order valence-corrected chi connectivity index (χ0v) is 20.9. The maximum atomic E-state index is 13.5. The minimum atomic E-state index is -1.23. The number of imide groups is 1. The highest BCUT2D eigenvalue weighted by Gasteiger charge is 2.43. The van der Waals surface area contributed by atoms with Crippen molar-refractivity contribution in [3.8, 4) is 0 Å². The fourth-order valence-corrected chi connectivity index (χ4v) is 4.19. The molecule has 0 bridgehead atoms. The molecule has 5 rings (SSSR count). The maximum Gasteiger partial charge on any atom is 0.322 e. The van der Waals surface area contributed by atoms with E-state index in [4.69, 9.17) is 0 Å². The molecule has 2 aromatic heterocycles. The molecule has 1 fully saturated rings. The van der Waals surface area contributed by atoms with E-state index in [2.05, 4.69) is 36.3 Å². The fourth-order valence-electron chi connectivity index (χ4n) is 4.19. The summed E-state index contributed by atoms with van der Waals surface area (Å²) in [7, 11) is 0. The molecule has 3 heterocycles. The highest BCUT2D eigenvalue weighted by molar-refractivity contribution is 6.07. The van der Waals surface area contributed by atoms with E-state index in [1.54, 1.807) is 50.2 Å². The number of fused-ring (bicyclic) bond motifs is 1. The summed E-state index contributed by atoms with van der Waals surface area (Å²) in [4.78, 5) is 58.1. The molecule has 39 heavy (non-hydrogen) atoms. The number of carbonyl (C=O) groups excluding carboxylic acids is 4. The van der Waals surface area contributed by atoms with Crippen LogP contribution >= 0.6 is 0 Å². The zero-order valence-electron chi connectivity index (χ0n) is 20.9. The average Bonchev–Trinajstić information content (AvgIpc) is 3.50. The van der Waals surface area contributed by atoms with E-state index < -0.39 is 29.3 Å². The summed E-state index contributed by atoms with van der Waals surface area (Å²) in [5, 5.41) is 14.3. The Balaban J connectivity index is 1.32. The number of rotatable bonds is 7. The van der Waals surface area contributed by atoms with Crippen molar-refractivity contribution in [3.05, 3.63) is 94.3 Å². The van der Waals surface area contributed by atoms with Gasteiger partial charge >= 0.3 is 6.03 Å². The number of urea groups is 1. The first-order chi connectivity index (χ1) is 18.6. The normalized spacial score (nSPS) is 16.6. The molecule has 198 valence electrons. The van der Waals surface area contributed by atoms with E-state index in [0.717, 1.165) is 0 Å². The number of aryl methyl sites for hydroxylation is 1. The molecule has 1 aliphatic heterocycles. The van der Waals surface area contributed by atoms with Gasteiger partial charge in [0.25, 0.3) is 23.5 Å². The van der Waals surface area contributed by atoms with Crippen molar-refractivity contribution in [2.45, 2.75) is 32.5 Å². The molecule has 1 unspecified atom stereocenters. The van der Waals surface area contributed by atoms with Gasteiger partial charge in [-0.1, -0.05) is 36.4 Å². The van der Waals surface area contributed by atoms with Gasteiger partial charge in [0, 0.05) is 19.2 Å². The lowest BCUT2D eigenvalue weighted by molar-refractivity contribution is -0.123. The van der Waals surface area contributed by atoms with E-state index in [1.807, 2.05) is 0 Å². The van der Waals surface area contributed by atoms with Gasteiger partial charge in [-0.2, -0.15) is 14.6 Å². The van der Waals surface area contributed by atoms with E-state index in [9.17, 15) is 23.6 Å². The minimum Gasteiger partial charge on any atom is -0.347 e. The van der Waals surface area contributed by atoms with Crippen LogP contribution in [-0.4, -0.2) is 43.3 Å². The summed E-state index contributed by atoms with van der Waals surface area (Å²) in [6, 6.07) is 12.1. The molecule has 4 N–H and O–H groups in total. The quantitative estimate of drug-likeness (QED) is 0.263. The van der Waals surface area contributed by atoms with E-state index in [0.29, 0.717) is 22.3 Å². The van der Waals surface area contributed by atoms with Gasteiger partial charge in [-0.05, 0) is 42.2 Å². The Kier molecular flexibility index (Phi) is 6.48. The number of hydrogen-bond acceptors (Lipinski definition) is 7. The van der Waals surface area contributed by atoms with Gasteiger partial charge < -0.3 is 16.0 Å². The van der Waals surface area contributed by atoms with Gasteiger partial charge in [-0.15, -0.1) is 0 Å². The number of halogens is 1. The van der Waals surface area contributed by atoms with Gasteiger partial charge in [-0.25, -0.2) is 14.2 Å². The molecule has 0 aliphatic carbocycles. The number of carbonyl (C=O) groups is 4. The predicted molar refractivity (Wildman–Crippen MR) is 135 cm³/mol. The zero-order chi connectivity index (χ0) is 27.7. The highest BCUT2D eigenvalue weighted by Crippen LogP contribution is 2.25. The largest absolute Gasteiger partial charge is 0.347 e. The number of aromatic nitrogens is 4. The fraction of sp³-hybridized carbons (Fsp3) is 0.192. The summed E-state index contributed by atoms with van der Waals surface area (Å²) in [6.07, 6.45) is 1.22. The predicted octanol–water partition coefficient (Wildman–Crippen LogP) is 1.49. The SMILES string of the molecule is Cc1cc(CNC(=O)c2cc(C(=O)NCc3cccc(C4(C)NC(=O)NC4=O)c3)n3ncnc3n2)ccc1F. The van der Waals surface area contributed by atoms with Crippen molar-refractivity contribution in [2.75, 3.05) is 0 Å². The standard InChI is InChI=1S/C26H23FN8O4/c1-14-8-16(6-7-18(14)27)12-28-21(36)19-10-20(35-24(32-19)30-13-31-35)22(37)29-11-15-4-3-5-17(9-15)26(2)23(38)33-25(39)34-26/h3-10,13H,11-12H2,1-2H3,(H,28,36)(H,29,37)(H2,33,34,38,39). The van der Waals surface area contributed by atoms with Crippen molar-refractivity contribution in [1.82, 2.24) is 40.8 Å². The van der Waals surface area contributed by atoms with Crippen molar-refractivity contribution < 1.29 is 23.6 Å². The summed E-state index contributed by atoms with van der Waals surface area (Å²) in [5.74, 6) is -1.84. The average molecular weight is 531 g/mol. The van der Waals surface area contributed by atoms with Gasteiger partial charge in [0.1, 0.15) is 29.1 Å². The molecular formula is C26H23FN8O4. The first-order valence-electron chi connectivity index (χ1n) is 11.9. The highest BCUT2D eigenvalue weighted by atomic mass is 19.1. The molecule has 0 spiro atoms. The lowest BCUT2D eigenvalue weighted by atomic mass is 9.91. The first-order valence-corrected chi connectivity index (χ1v) is 11.9. The number of amides is 5. The van der Waals surface area contributed by atoms with Gasteiger partial charge in [0.05, 0.1) is 0 Å². The van der Waals surface area contributed by atoms with Crippen LogP contribution in [0.15, 0.2) is 54.9 Å². The molecule has 0 radical (unpaired) electrons. The van der Waals surface area contributed by atoms with Crippen LogP contribution in [0.4, 0.5) is 9.18 Å². The van der Waals surface area contributed by atoms with Crippen molar-refractivity contribution in [1.29, 1.82) is 0 Å². The van der Waals surface area contributed by atoms with E-state index in [1.165, 1.54) is 23.0 Å². The van der Waals surface area contributed by atoms with Crippen LogP contribution in [0, 0.1) is 12.7 Å². The Morgan fingerprint density at radius 3 is 2.49 bits per heavy atom. The molecule has 4 aromatic rings. The first kappa shape index (κ1) is 25.4. The lowest BCUT2D eigenvalue weighted by Crippen LogP contribution is -2.40. The molecule has 1 saturated heterocycles. The van der Waals surface area contributed by atoms with Crippen molar-refractivity contribution in [2.24, 2.45) is 0 Å². The molecule has 2 aromatic carbocycles. The van der Waals surface area contributed by atoms with Crippen LogP contribution in [0.25, 0.3) is 5.78 Å². The summed E-state index contributed by atoms with van der Waals surface area (Å²) < 4.78 is 14.7. The van der Waals surface area contributed by atoms with E-state index >= 15 is 0 Å². The van der Waals surface area contributed by atoms with Crippen LogP contribution in [0.2, 0.25) is 0 Å². The Labute approximate surface area is 221 Å². The van der Waals surface area contributed by atoms with Crippen LogP contribution in [0.1, 0.15) is 50.2 Å². The van der Waals surface area contributed by atoms with Crippen LogP contribution in [0.3, 0.4) is 0 Å². The summed E-state index contributed by atoms with van der Waals surface area (Å²) >= 11 is 0. The molecule has 1 atom stereocenters. The second-order valence-electron chi connectivity index (χ2n) is 9.18. The monoisotopic (exact) mass is 530 g/mol. The summed E-state index contributed by atoms with van der Waals surface area (Å²) in [5.41, 5.74) is 1.14. The molecule has 0 saturated carbocycles. The smallest absolute Gasteiger partial charge is 0.322 e. The third-order valence-corrected chi connectivity index (χ3v) is 6.39. The van der Waals surface area contributed by atoms with E-state index in [-0.39, 0.29) is 36.1 Å². The molecular weight excluding hydrogens is 507 g/mol. The number of nitrogens with one attached hydrogen (secondary N) is 4. The summed E-state index contributed by atoms with van der Waals surface area (Å²) in [6.45, 7) is 3.44. The second kappa shape index (κ2) is 9.93.